The molecule has 2 heterocycles. The van der Waals surface area contributed by atoms with E-state index in [1.165, 1.54) is 6.20 Å². The molecule has 1 aromatic carbocycles. The van der Waals surface area contributed by atoms with E-state index < -0.39 is 5.97 Å². The highest BCUT2D eigenvalue weighted by Crippen LogP contribution is 2.24. The van der Waals surface area contributed by atoms with Gasteiger partial charge in [0.05, 0.1) is 11.3 Å². The minimum Gasteiger partial charge on any atom is -0.478 e. The van der Waals surface area contributed by atoms with Crippen LogP contribution in [0.2, 0.25) is 0 Å². The molecule has 0 aliphatic heterocycles. The summed E-state index contributed by atoms with van der Waals surface area (Å²) in [6, 6.07) is 9.76. The van der Waals surface area contributed by atoms with E-state index in [0.717, 1.165) is 10.8 Å². The number of benzene rings is 1. The van der Waals surface area contributed by atoms with Crippen LogP contribution in [0.5, 0.6) is 0 Å². The average molecular weight is 279 g/mol. The van der Waals surface area contributed by atoms with Crippen LogP contribution in [0.25, 0.3) is 22.3 Å². The van der Waals surface area contributed by atoms with Crippen LogP contribution in [-0.4, -0.2) is 26.0 Å². The smallest absolute Gasteiger partial charge is 0.339 e. The number of aryl methyl sites for hydroxylation is 1. The maximum atomic E-state index is 11.1. The monoisotopic (exact) mass is 279 g/mol. The maximum absolute atomic E-state index is 11.1. The zero-order valence-corrected chi connectivity index (χ0v) is 11.4. The molecule has 0 amide bonds. The first kappa shape index (κ1) is 13.2. The number of rotatable bonds is 3. The fourth-order valence-corrected chi connectivity index (χ4v) is 2.28. The van der Waals surface area contributed by atoms with E-state index in [4.69, 9.17) is 5.11 Å². The summed E-state index contributed by atoms with van der Waals surface area (Å²) < 4.78 is 0. The Morgan fingerprint density at radius 2 is 2.00 bits per heavy atom. The Kier molecular flexibility index (Phi) is 3.31. The van der Waals surface area contributed by atoms with Crippen LogP contribution in [-0.2, 0) is 6.42 Å². The highest BCUT2D eigenvalue weighted by molar-refractivity contribution is 5.93. The molecule has 3 aromatic rings. The fraction of sp³-hybridized carbons (Fsp3) is 0.125. The minimum atomic E-state index is -1.01. The van der Waals surface area contributed by atoms with E-state index >= 15 is 0 Å². The third-order valence-corrected chi connectivity index (χ3v) is 3.32. The zero-order valence-electron chi connectivity index (χ0n) is 11.4. The minimum absolute atomic E-state index is 0.140. The molecule has 104 valence electrons. The van der Waals surface area contributed by atoms with Crippen molar-refractivity contribution in [2.75, 3.05) is 0 Å². The third-order valence-electron chi connectivity index (χ3n) is 3.32. The summed E-state index contributed by atoms with van der Waals surface area (Å²) in [6.07, 6.45) is 3.59. The Hall–Kier alpha value is -2.82. The molecule has 21 heavy (non-hydrogen) atoms. The van der Waals surface area contributed by atoms with Crippen molar-refractivity contribution in [2.24, 2.45) is 0 Å². The maximum Gasteiger partial charge on any atom is 0.339 e. The largest absolute Gasteiger partial charge is 0.478 e. The van der Waals surface area contributed by atoms with E-state index in [1.807, 2.05) is 37.3 Å². The third kappa shape index (κ3) is 2.33. The lowest BCUT2D eigenvalue weighted by Gasteiger charge is -2.07. The van der Waals surface area contributed by atoms with Gasteiger partial charge < -0.3 is 5.11 Å². The van der Waals surface area contributed by atoms with Gasteiger partial charge >= 0.3 is 5.97 Å². The fourth-order valence-electron chi connectivity index (χ4n) is 2.28. The second-order valence-corrected chi connectivity index (χ2v) is 4.59. The quantitative estimate of drug-likeness (QED) is 0.797. The molecule has 0 atom stereocenters. The molecular formula is C16H13N3O2. The molecule has 0 saturated carbocycles. The molecule has 0 bridgehead atoms. The first-order valence-corrected chi connectivity index (χ1v) is 6.64. The summed E-state index contributed by atoms with van der Waals surface area (Å²) in [4.78, 5) is 24.1. The second kappa shape index (κ2) is 5.28. The van der Waals surface area contributed by atoms with E-state index in [9.17, 15) is 4.79 Å². The molecular weight excluding hydrogens is 266 g/mol. The van der Waals surface area contributed by atoms with Crippen molar-refractivity contribution in [1.82, 2.24) is 15.0 Å². The van der Waals surface area contributed by atoms with Crippen LogP contribution in [0.15, 0.2) is 42.7 Å². The lowest BCUT2D eigenvalue weighted by atomic mass is 10.1. The van der Waals surface area contributed by atoms with Crippen molar-refractivity contribution in [1.29, 1.82) is 0 Å². The normalized spacial score (nSPS) is 10.7. The summed E-state index contributed by atoms with van der Waals surface area (Å²) in [5, 5.41) is 11.1. The second-order valence-electron chi connectivity index (χ2n) is 4.59. The van der Waals surface area contributed by atoms with Gasteiger partial charge in [-0.3, -0.25) is 4.98 Å². The summed E-state index contributed by atoms with van der Waals surface area (Å²) >= 11 is 0. The Morgan fingerprint density at radius 1 is 1.19 bits per heavy atom. The number of nitrogens with zero attached hydrogens (tertiary/aromatic N) is 3. The Balaban J connectivity index is 2.21. The highest BCUT2D eigenvalue weighted by atomic mass is 16.4. The van der Waals surface area contributed by atoms with E-state index in [-0.39, 0.29) is 5.56 Å². The van der Waals surface area contributed by atoms with Crippen molar-refractivity contribution >= 4 is 16.7 Å². The van der Waals surface area contributed by atoms with E-state index in [1.54, 1.807) is 6.20 Å². The van der Waals surface area contributed by atoms with Gasteiger partial charge in [0.15, 0.2) is 5.82 Å². The molecule has 0 aliphatic rings. The number of fused-ring (bicyclic) bond motifs is 1. The molecule has 2 aromatic heterocycles. The van der Waals surface area contributed by atoms with E-state index in [0.29, 0.717) is 23.6 Å². The first-order valence-electron chi connectivity index (χ1n) is 6.64. The number of aromatic carboxylic acids is 1. The van der Waals surface area contributed by atoms with Crippen molar-refractivity contribution in [3.05, 3.63) is 54.0 Å². The molecule has 5 heteroatoms. The van der Waals surface area contributed by atoms with Gasteiger partial charge in [0.2, 0.25) is 0 Å². The van der Waals surface area contributed by atoms with Gasteiger partial charge in [-0.25, -0.2) is 14.8 Å². The van der Waals surface area contributed by atoms with Crippen LogP contribution in [0.1, 0.15) is 23.0 Å². The topological polar surface area (TPSA) is 76.0 Å². The molecule has 0 aliphatic carbocycles. The van der Waals surface area contributed by atoms with Gasteiger partial charge in [0.1, 0.15) is 5.69 Å². The molecule has 0 unspecified atom stereocenters. The predicted octanol–water partition coefficient (Wildman–Crippen LogP) is 2.95. The zero-order chi connectivity index (χ0) is 14.8. The van der Waals surface area contributed by atoms with Crippen LogP contribution >= 0.6 is 0 Å². The molecule has 0 fully saturated rings. The molecule has 0 radical (unpaired) electrons. The van der Waals surface area contributed by atoms with Crippen molar-refractivity contribution in [2.45, 2.75) is 13.3 Å². The number of carboxylic acids is 1. The first-order chi connectivity index (χ1) is 10.2. The number of hydrogen-bond donors (Lipinski definition) is 1. The number of aromatic nitrogens is 3. The molecule has 3 rings (SSSR count). The summed E-state index contributed by atoms with van der Waals surface area (Å²) in [5.41, 5.74) is 1.32. The van der Waals surface area contributed by atoms with Crippen LogP contribution in [0, 0.1) is 0 Å². The standard InChI is InChI=1S/C16H13N3O2/c1-2-13-12(16(20)21)9-18-15(19-13)14-11-6-4-3-5-10(11)7-8-17-14/h3-9H,2H2,1H3,(H,20,21). The van der Waals surface area contributed by atoms with Crippen LogP contribution in [0.3, 0.4) is 0 Å². The average Bonchev–Trinajstić information content (AvgIpc) is 2.53. The van der Waals surface area contributed by atoms with Crippen molar-refractivity contribution in [3.63, 3.8) is 0 Å². The van der Waals surface area contributed by atoms with Crippen LogP contribution < -0.4 is 0 Å². The summed E-state index contributed by atoms with van der Waals surface area (Å²) in [6.45, 7) is 1.87. The summed E-state index contributed by atoms with van der Waals surface area (Å²) in [7, 11) is 0. The number of carboxylic acid groups (broad SMARTS) is 1. The molecule has 0 spiro atoms. The van der Waals surface area contributed by atoms with Gasteiger partial charge in [-0.1, -0.05) is 31.2 Å². The van der Waals surface area contributed by atoms with Gasteiger partial charge in [-0.05, 0) is 17.9 Å². The van der Waals surface area contributed by atoms with Gasteiger partial charge in [-0.2, -0.15) is 0 Å². The van der Waals surface area contributed by atoms with Gasteiger partial charge in [-0.15, -0.1) is 0 Å². The molecule has 5 nitrogen and oxygen atoms in total. The van der Waals surface area contributed by atoms with Gasteiger partial charge in [0.25, 0.3) is 0 Å². The van der Waals surface area contributed by atoms with Gasteiger partial charge in [0, 0.05) is 17.8 Å². The Morgan fingerprint density at radius 3 is 2.76 bits per heavy atom. The van der Waals surface area contributed by atoms with Crippen molar-refractivity contribution in [3.8, 4) is 11.5 Å². The SMILES string of the molecule is CCc1nc(-c2nccc3ccccc23)ncc1C(=O)O. The lowest BCUT2D eigenvalue weighted by molar-refractivity contribution is 0.0694. The lowest BCUT2D eigenvalue weighted by Crippen LogP contribution is -2.07. The number of hydrogen-bond acceptors (Lipinski definition) is 4. The predicted molar refractivity (Wildman–Crippen MR) is 79.1 cm³/mol. The summed E-state index contributed by atoms with van der Waals surface area (Å²) in [5.74, 6) is -0.557. The number of carbonyl (C=O) groups is 1. The molecule has 1 N–H and O–H groups in total. The molecule has 0 saturated heterocycles. The van der Waals surface area contributed by atoms with Crippen LogP contribution in [0.4, 0.5) is 0 Å². The Labute approximate surface area is 121 Å². The Bertz CT molecular complexity index is 825. The number of pyridine rings is 1. The van der Waals surface area contributed by atoms with Crippen molar-refractivity contribution < 1.29 is 9.90 Å². The van der Waals surface area contributed by atoms with E-state index in [2.05, 4.69) is 15.0 Å². The highest BCUT2D eigenvalue weighted by Gasteiger charge is 2.14.